The van der Waals surface area contributed by atoms with E-state index in [9.17, 15) is 0 Å². The summed E-state index contributed by atoms with van der Waals surface area (Å²) in [6.45, 7) is 3.11. The minimum atomic E-state index is 0.328. The second-order valence-corrected chi connectivity index (χ2v) is 5.80. The van der Waals surface area contributed by atoms with Crippen LogP contribution < -0.4 is 5.73 Å². The summed E-state index contributed by atoms with van der Waals surface area (Å²) in [7, 11) is 1.82. The maximum Gasteiger partial charge on any atom is 0.0832 e. The number of methoxy groups -OCH3 is 1. The van der Waals surface area contributed by atoms with Gasteiger partial charge >= 0.3 is 0 Å². The van der Waals surface area contributed by atoms with E-state index in [4.69, 9.17) is 10.5 Å². The molecule has 2 nitrogen and oxygen atoms in total. The second-order valence-electron chi connectivity index (χ2n) is 4.63. The van der Waals surface area contributed by atoms with Crippen molar-refractivity contribution < 1.29 is 4.74 Å². The van der Waals surface area contributed by atoms with E-state index in [1.54, 1.807) is 4.88 Å². The largest absolute Gasteiger partial charge is 0.377 e. The van der Waals surface area contributed by atoms with E-state index in [-0.39, 0.29) is 0 Å². The molecule has 1 aliphatic carbocycles. The summed E-state index contributed by atoms with van der Waals surface area (Å²) in [6.07, 6.45) is 4.96. The lowest BCUT2D eigenvalue weighted by atomic mass is 9.88. The van der Waals surface area contributed by atoms with Gasteiger partial charge in [-0.25, -0.2) is 0 Å². The molecule has 1 aromatic rings. The van der Waals surface area contributed by atoms with Gasteiger partial charge in [-0.2, -0.15) is 0 Å². The highest BCUT2D eigenvalue weighted by atomic mass is 32.1. The van der Waals surface area contributed by atoms with Crippen LogP contribution in [-0.4, -0.2) is 13.7 Å². The first kappa shape index (κ1) is 12.1. The lowest BCUT2D eigenvalue weighted by Gasteiger charge is -2.25. The highest BCUT2D eigenvalue weighted by Crippen LogP contribution is 2.43. The van der Waals surface area contributed by atoms with Gasteiger partial charge in [-0.15, -0.1) is 11.3 Å². The summed E-state index contributed by atoms with van der Waals surface area (Å²) in [5.41, 5.74) is 7.00. The minimum absolute atomic E-state index is 0.328. The van der Waals surface area contributed by atoms with Crippen molar-refractivity contribution >= 4 is 11.3 Å². The Bertz CT molecular complexity index is 348. The Morgan fingerprint density at radius 2 is 2.31 bits per heavy atom. The summed E-state index contributed by atoms with van der Waals surface area (Å²) >= 11 is 1.97. The molecule has 1 aliphatic rings. The van der Waals surface area contributed by atoms with Crippen molar-refractivity contribution in [3.8, 4) is 0 Å². The highest BCUT2D eigenvalue weighted by molar-refractivity contribution is 7.12. The predicted molar refractivity (Wildman–Crippen MR) is 69.1 cm³/mol. The fourth-order valence-corrected chi connectivity index (χ4v) is 3.79. The molecule has 3 heteroatoms. The smallest absolute Gasteiger partial charge is 0.0832 e. The van der Waals surface area contributed by atoms with E-state index in [1.807, 2.05) is 18.4 Å². The van der Waals surface area contributed by atoms with Crippen LogP contribution in [0.5, 0.6) is 0 Å². The van der Waals surface area contributed by atoms with E-state index in [2.05, 4.69) is 13.0 Å². The van der Waals surface area contributed by atoms with Gasteiger partial charge in [0, 0.05) is 16.9 Å². The van der Waals surface area contributed by atoms with Gasteiger partial charge in [0.15, 0.2) is 0 Å². The molecule has 90 valence electrons. The normalized spacial score (nSPS) is 24.4. The number of thiophene rings is 1. The van der Waals surface area contributed by atoms with Gasteiger partial charge in [0.05, 0.1) is 6.10 Å². The highest BCUT2D eigenvalue weighted by Gasteiger charge is 2.26. The van der Waals surface area contributed by atoms with Crippen LogP contribution in [0.4, 0.5) is 0 Å². The monoisotopic (exact) mass is 239 g/mol. The molecule has 16 heavy (non-hydrogen) atoms. The Labute approximate surface area is 102 Å². The molecule has 1 heterocycles. The Morgan fingerprint density at radius 1 is 1.50 bits per heavy atom. The zero-order valence-electron chi connectivity index (χ0n) is 10.2. The summed E-state index contributed by atoms with van der Waals surface area (Å²) < 4.78 is 5.57. The maximum atomic E-state index is 5.57. The van der Waals surface area contributed by atoms with Crippen LogP contribution in [-0.2, 0) is 11.2 Å². The fraction of sp³-hybridized carbons (Fsp3) is 0.692. The molecule has 0 saturated carbocycles. The van der Waals surface area contributed by atoms with Crippen molar-refractivity contribution in [2.24, 2.45) is 5.73 Å². The first-order chi connectivity index (χ1) is 7.76. The number of hydrogen-bond acceptors (Lipinski definition) is 3. The Kier molecular flexibility index (Phi) is 4.00. The third-order valence-corrected chi connectivity index (χ3v) is 4.85. The predicted octanol–water partition coefficient (Wildman–Crippen LogP) is 3.22. The van der Waals surface area contributed by atoms with Crippen LogP contribution in [0.1, 0.15) is 53.5 Å². The van der Waals surface area contributed by atoms with Crippen molar-refractivity contribution in [2.45, 2.75) is 44.6 Å². The lowest BCUT2D eigenvalue weighted by molar-refractivity contribution is 0.0859. The van der Waals surface area contributed by atoms with Gasteiger partial charge in [-0.1, -0.05) is 6.92 Å². The topological polar surface area (TPSA) is 35.2 Å². The van der Waals surface area contributed by atoms with E-state index in [1.165, 1.54) is 16.9 Å². The molecule has 0 amide bonds. The van der Waals surface area contributed by atoms with Crippen LogP contribution in [0.2, 0.25) is 0 Å². The van der Waals surface area contributed by atoms with Crippen molar-refractivity contribution in [3.63, 3.8) is 0 Å². The number of nitrogens with two attached hydrogens (primary N) is 1. The fourth-order valence-electron chi connectivity index (χ4n) is 2.44. The van der Waals surface area contributed by atoms with Crippen LogP contribution >= 0.6 is 11.3 Å². The SMILES string of the molecule is COC1CCC(C)c2sc(CCCN)cc21. The van der Waals surface area contributed by atoms with Crippen molar-refractivity contribution in [2.75, 3.05) is 13.7 Å². The minimum Gasteiger partial charge on any atom is -0.377 e. The number of hydrogen-bond donors (Lipinski definition) is 1. The Balaban J connectivity index is 2.21. The van der Waals surface area contributed by atoms with Crippen LogP contribution in [0.25, 0.3) is 0 Å². The average Bonchev–Trinajstić information content (AvgIpc) is 2.72. The first-order valence-corrected chi connectivity index (χ1v) is 6.93. The average molecular weight is 239 g/mol. The van der Waals surface area contributed by atoms with E-state index in [0.717, 1.165) is 25.8 Å². The van der Waals surface area contributed by atoms with E-state index >= 15 is 0 Å². The molecule has 2 atom stereocenters. The van der Waals surface area contributed by atoms with Crippen molar-refractivity contribution in [3.05, 3.63) is 21.4 Å². The number of aryl methyl sites for hydroxylation is 1. The molecule has 1 aromatic heterocycles. The molecule has 0 bridgehead atoms. The van der Waals surface area contributed by atoms with Crippen molar-refractivity contribution in [1.29, 1.82) is 0 Å². The Hall–Kier alpha value is -0.380. The van der Waals surface area contributed by atoms with Gasteiger partial charge in [0.2, 0.25) is 0 Å². The first-order valence-electron chi connectivity index (χ1n) is 6.11. The number of ether oxygens (including phenoxy) is 1. The summed E-state index contributed by atoms with van der Waals surface area (Å²) in [5, 5.41) is 0. The quantitative estimate of drug-likeness (QED) is 0.875. The third-order valence-electron chi connectivity index (χ3n) is 3.41. The van der Waals surface area contributed by atoms with Gasteiger partial charge in [0.1, 0.15) is 0 Å². The molecule has 0 spiro atoms. The van der Waals surface area contributed by atoms with Crippen LogP contribution in [0.3, 0.4) is 0 Å². The van der Waals surface area contributed by atoms with Gasteiger partial charge in [0.25, 0.3) is 0 Å². The van der Waals surface area contributed by atoms with Gasteiger partial charge in [-0.05, 0) is 49.8 Å². The molecule has 0 fully saturated rings. The van der Waals surface area contributed by atoms with Crippen LogP contribution in [0.15, 0.2) is 6.07 Å². The van der Waals surface area contributed by atoms with E-state index < -0.39 is 0 Å². The van der Waals surface area contributed by atoms with Crippen molar-refractivity contribution in [1.82, 2.24) is 0 Å². The summed E-state index contributed by atoms with van der Waals surface area (Å²) in [6, 6.07) is 2.35. The van der Waals surface area contributed by atoms with Crippen LogP contribution in [0, 0.1) is 0 Å². The van der Waals surface area contributed by atoms with Gasteiger partial charge in [-0.3, -0.25) is 0 Å². The molecule has 0 radical (unpaired) electrons. The summed E-state index contributed by atoms with van der Waals surface area (Å²) in [4.78, 5) is 3.02. The standard InChI is InChI=1S/C13H21NOS/c1-9-5-6-12(15-2)11-8-10(4-3-7-14)16-13(9)11/h8-9,12H,3-7,14H2,1-2H3. The molecule has 2 unspecified atom stereocenters. The van der Waals surface area contributed by atoms with Gasteiger partial charge < -0.3 is 10.5 Å². The molecule has 2 N–H and O–H groups in total. The molecule has 0 aliphatic heterocycles. The molecular weight excluding hydrogens is 218 g/mol. The molecular formula is C13H21NOS. The maximum absolute atomic E-state index is 5.57. The summed E-state index contributed by atoms with van der Waals surface area (Å²) in [5.74, 6) is 0.707. The molecule has 0 aromatic carbocycles. The van der Waals surface area contributed by atoms with E-state index in [0.29, 0.717) is 12.0 Å². The number of rotatable bonds is 4. The Morgan fingerprint density at radius 3 is 3.00 bits per heavy atom. The zero-order valence-corrected chi connectivity index (χ0v) is 11.0. The zero-order chi connectivity index (χ0) is 11.5. The second kappa shape index (κ2) is 5.30. The lowest BCUT2D eigenvalue weighted by Crippen LogP contribution is -2.11. The number of fused-ring (bicyclic) bond motifs is 1. The molecule has 0 saturated heterocycles. The molecule has 2 rings (SSSR count). The third kappa shape index (κ3) is 2.31.